The lowest BCUT2D eigenvalue weighted by atomic mass is 9.78. The fourth-order valence-electron chi connectivity index (χ4n) is 2.79. The molecule has 2 aromatic heterocycles. The minimum Gasteiger partial charge on any atom is -0.289 e. The highest BCUT2D eigenvalue weighted by Crippen LogP contribution is 2.39. The zero-order valence-electron chi connectivity index (χ0n) is 12.3. The first-order chi connectivity index (χ1) is 10.3. The van der Waals surface area contributed by atoms with Gasteiger partial charge in [0.15, 0.2) is 5.65 Å². The number of fused-ring (bicyclic) bond motifs is 1. The third-order valence-electron chi connectivity index (χ3n) is 4.12. The standard InChI is InChI=1S/C13H15N5O3S/c1-3-17-9-7-15-11(22(2,20)21)16-10(9)18(12(17)19)13(8-14)5-4-6-13/h7H,3-6H2,1-2H3. The Hall–Kier alpha value is -2.21. The van der Waals surface area contributed by atoms with Crippen LogP contribution >= 0.6 is 0 Å². The molecule has 1 aliphatic rings. The zero-order valence-corrected chi connectivity index (χ0v) is 13.1. The van der Waals surface area contributed by atoms with Crippen molar-refractivity contribution in [3.63, 3.8) is 0 Å². The third kappa shape index (κ3) is 1.87. The third-order valence-corrected chi connectivity index (χ3v) is 4.98. The lowest BCUT2D eigenvalue weighted by molar-refractivity contribution is 0.216. The summed E-state index contributed by atoms with van der Waals surface area (Å²) < 4.78 is 26.1. The molecule has 9 heteroatoms. The van der Waals surface area contributed by atoms with Crippen molar-refractivity contribution in [2.24, 2.45) is 0 Å². The molecule has 0 unspecified atom stereocenters. The maximum Gasteiger partial charge on any atom is 0.331 e. The molecule has 8 nitrogen and oxygen atoms in total. The molecule has 2 aromatic rings. The maximum atomic E-state index is 12.6. The molecule has 116 valence electrons. The van der Waals surface area contributed by atoms with Gasteiger partial charge in [-0.25, -0.2) is 18.2 Å². The molecule has 1 aliphatic carbocycles. The topological polar surface area (TPSA) is 111 Å². The predicted molar refractivity (Wildman–Crippen MR) is 78.0 cm³/mol. The SMILES string of the molecule is CCn1c(=O)n(C2(C#N)CCC2)c2nc(S(C)(=O)=O)ncc21. The van der Waals surface area contributed by atoms with E-state index in [1.165, 1.54) is 15.3 Å². The molecule has 0 spiro atoms. The second-order valence-electron chi connectivity index (χ2n) is 5.49. The summed E-state index contributed by atoms with van der Waals surface area (Å²) in [5.41, 5.74) is -0.623. The van der Waals surface area contributed by atoms with E-state index < -0.39 is 15.4 Å². The first-order valence-electron chi connectivity index (χ1n) is 6.94. The van der Waals surface area contributed by atoms with Gasteiger partial charge in [-0.3, -0.25) is 9.13 Å². The zero-order chi connectivity index (χ0) is 16.1. The molecule has 1 saturated carbocycles. The molecule has 0 saturated heterocycles. The summed E-state index contributed by atoms with van der Waals surface area (Å²) in [4.78, 5) is 20.5. The van der Waals surface area contributed by atoms with Gasteiger partial charge in [-0.15, -0.1) is 0 Å². The van der Waals surface area contributed by atoms with Crippen LogP contribution in [0.15, 0.2) is 16.1 Å². The van der Waals surface area contributed by atoms with Gasteiger partial charge >= 0.3 is 5.69 Å². The first-order valence-corrected chi connectivity index (χ1v) is 8.83. The molecular formula is C13H15N5O3S. The summed E-state index contributed by atoms with van der Waals surface area (Å²) >= 11 is 0. The molecule has 0 amide bonds. The van der Waals surface area contributed by atoms with Crippen LogP contribution in [0.25, 0.3) is 11.2 Å². The summed E-state index contributed by atoms with van der Waals surface area (Å²) in [6.45, 7) is 2.20. The molecule has 3 rings (SSSR count). The number of aromatic nitrogens is 4. The summed E-state index contributed by atoms with van der Waals surface area (Å²) in [6, 6.07) is 2.20. The number of hydrogen-bond donors (Lipinski definition) is 0. The Morgan fingerprint density at radius 2 is 2.14 bits per heavy atom. The van der Waals surface area contributed by atoms with Gasteiger partial charge < -0.3 is 0 Å². The van der Waals surface area contributed by atoms with Gasteiger partial charge in [-0.1, -0.05) is 0 Å². The van der Waals surface area contributed by atoms with Gasteiger partial charge in [0.05, 0.1) is 12.3 Å². The van der Waals surface area contributed by atoms with Crippen molar-refractivity contribution in [3.05, 3.63) is 16.7 Å². The van der Waals surface area contributed by atoms with Crippen molar-refractivity contribution >= 4 is 21.0 Å². The largest absolute Gasteiger partial charge is 0.331 e. The number of sulfone groups is 1. The molecule has 0 radical (unpaired) electrons. The van der Waals surface area contributed by atoms with E-state index in [4.69, 9.17) is 0 Å². The van der Waals surface area contributed by atoms with E-state index in [-0.39, 0.29) is 16.5 Å². The van der Waals surface area contributed by atoms with Crippen molar-refractivity contribution < 1.29 is 8.42 Å². The minimum absolute atomic E-state index is 0.212. The molecule has 22 heavy (non-hydrogen) atoms. The van der Waals surface area contributed by atoms with Gasteiger partial charge in [0.1, 0.15) is 11.1 Å². The van der Waals surface area contributed by atoms with E-state index in [1.54, 1.807) is 6.92 Å². The van der Waals surface area contributed by atoms with Crippen LogP contribution in [0.2, 0.25) is 0 Å². The Bertz CT molecular complexity index is 960. The number of nitriles is 1. The normalized spacial score (nSPS) is 17.1. The second-order valence-corrected chi connectivity index (χ2v) is 7.40. The van der Waals surface area contributed by atoms with Gasteiger partial charge in [-0.05, 0) is 26.2 Å². The molecule has 0 bridgehead atoms. The average Bonchev–Trinajstić information content (AvgIpc) is 2.69. The van der Waals surface area contributed by atoms with Gasteiger partial charge in [0.25, 0.3) is 0 Å². The molecule has 0 atom stereocenters. The van der Waals surface area contributed by atoms with Crippen LogP contribution in [-0.4, -0.2) is 33.8 Å². The van der Waals surface area contributed by atoms with Gasteiger partial charge in [-0.2, -0.15) is 10.2 Å². The van der Waals surface area contributed by atoms with Crippen molar-refractivity contribution in [1.82, 2.24) is 19.1 Å². The summed E-state index contributed by atoms with van der Waals surface area (Å²) in [5, 5.41) is 9.17. The Morgan fingerprint density at radius 3 is 2.59 bits per heavy atom. The van der Waals surface area contributed by atoms with Crippen molar-refractivity contribution in [1.29, 1.82) is 5.26 Å². The Kier molecular flexibility index (Phi) is 3.11. The number of aryl methyl sites for hydroxylation is 1. The fourth-order valence-corrected chi connectivity index (χ4v) is 3.28. The smallest absolute Gasteiger partial charge is 0.289 e. The fraction of sp³-hybridized carbons (Fsp3) is 0.538. The molecule has 0 N–H and O–H groups in total. The van der Waals surface area contributed by atoms with E-state index >= 15 is 0 Å². The van der Waals surface area contributed by atoms with Crippen molar-refractivity contribution in [2.75, 3.05) is 6.26 Å². The highest BCUT2D eigenvalue weighted by molar-refractivity contribution is 7.90. The van der Waals surface area contributed by atoms with Crippen LogP contribution in [0.5, 0.6) is 0 Å². The van der Waals surface area contributed by atoms with E-state index in [0.29, 0.717) is 24.9 Å². The minimum atomic E-state index is -3.59. The van der Waals surface area contributed by atoms with Crippen LogP contribution in [0, 0.1) is 11.3 Å². The molecular weight excluding hydrogens is 306 g/mol. The summed E-state index contributed by atoms with van der Waals surface area (Å²) in [6.07, 6.45) is 4.32. The maximum absolute atomic E-state index is 12.6. The van der Waals surface area contributed by atoms with E-state index in [2.05, 4.69) is 16.0 Å². The Morgan fingerprint density at radius 1 is 1.45 bits per heavy atom. The highest BCUT2D eigenvalue weighted by atomic mass is 32.2. The second kappa shape index (κ2) is 4.64. The highest BCUT2D eigenvalue weighted by Gasteiger charge is 2.42. The molecule has 0 aromatic carbocycles. The van der Waals surface area contributed by atoms with Crippen LogP contribution in [0.1, 0.15) is 26.2 Å². The Balaban J connectivity index is 2.43. The van der Waals surface area contributed by atoms with Crippen molar-refractivity contribution in [3.8, 4) is 6.07 Å². The number of imidazole rings is 1. The predicted octanol–water partition coefficient (Wildman–Crippen LogP) is 0.419. The van der Waals surface area contributed by atoms with Crippen LogP contribution in [0.3, 0.4) is 0 Å². The van der Waals surface area contributed by atoms with E-state index in [1.807, 2.05) is 0 Å². The molecule has 1 fully saturated rings. The average molecular weight is 321 g/mol. The Labute approximate surface area is 126 Å². The lowest BCUT2D eigenvalue weighted by Gasteiger charge is -2.35. The first kappa shape index (κ1) is 14.7. The quantitative estimate of drug-likeness (QED) is 0.758. The lowest BCUT2D eigenvalue weighted by Crippen LogP contribution is -2.45. The monoisotopic (exact) mass is 321 g/mol. The number of nitrogens with zero attached hydrogens (tertiary/aromatic N) is 5. The van der Waals surface area contributed by atoms with Gasteiger partial charge in [0.2, 0.25) is 15.0 Å². The van der Waals surface area contributed by atoms with Crippen LogP contribution in [0.4, 0.5) is 0 Å². The van der Waals surface area contributed by atoms with Crippen molar-refractivity contribution in [2.45, 2.75) is 43.4 Å². The van der Waals surface area contributed by atoms with Gasteiger partial charge in [0, 0.05) is 12.8 Å². The molecule has 0 aliphatic heterocycles. The van der Waals surface area contributed by atoms with E-state index in [0.717, 1.165) is 12.7 Å². The summed E-state index contributed by atoms with van der Waals surface area (Å²) in [7, 11) is -3.59. The van der Waals surface area contributed by atoms with Crippen LogP contribution in [-0.2, 0) is 21.9 Å². The number of rotatable bonds is 3. The van der Waals surface area contributed by atoms with E-state index in [9.17, 15) is 18.5 Å². The molecule has 2 heterocycles. The van der Waals surface area contributed by atoms with Crippen LogP contribution < -0.4 is 5.69 Å². The summed E-state index contributed by atoms with van der Waals surface area (Å²) in [5.74, 6) is 0. The number of hydrogen-bond acceptors (Lipinski definition) is 6.